The van der Waals surface area contributed by atoms with Crippen molar-refractivity contribution in [2.45, 2.75) is 31.7 Å². The highest BCUT2D eigenvalue weighted by Gasteiger charge is 2.36. The number of carbonyl (C=O) groups is 1. The summed E-state index contributed by atoms with van der Waals surface area (Å²) in [7, 11) is 2.07. The topological polar surface area (TPSA) is 44.7 Å². The number of nitrogens with zero attached hydrogens (tertiary/aromatic N) is 3. The summed E-state index contributed by atoms with van der Waals surface area (Å²) in [6, 6.07) is 12.7. The van der Waals surface area contributed by atoms with Gasteiger partial charge in [-0.15, -0.1) is 0 Å². The van der Waals surface area contributed by atoms with E-state index in [1.807, 2.05) is 35.3 Å². The summed E-state index contributed by atoms with van der Waals surface area (Å²) in [6.45, 7) is 1.87. The third-order valence-corrected chi connectivity index (χ3v) is 6.55. The number of benzene rings is 2. The van der Waals surface area contributed by atoms with Gasteiger partial charge in [0.05, 0.1) is 23.8 Å². The molecule has 0 bridgehead atoms. The largest absolute Gasteiger partial charge is 0.312 e. The van der Waals surface area contributed by atoms with E-state index in [1.54, 1.807) is 12.1 Å². The minimum absolute atomic E-state index is 0.133. The van der Waals surface area contributed by atoms with Gasteiger partial charge in [-0.2, -0.15) is 10.5 Å². The Bertz CT molecular complexity index is 971. The molecule has 8 heteroatoms. The molecule has 2 aliphatic heterocycles. The van der Waals surface area contributed by atoms with E-state index in [1.165, 1.54) is 6.42 Å². The zero-order valence-electron chi connectivity index (χ0n) is 16.7. The van der Waals surface area contributed by atoms with Crippen LogP contribution < -0.4 is 10.4 Å². The molecule has 2 aromatic rings. The quantitative estimate of drug-likeness (QED) is 0.595. The second-order valence-corrected chi connectivity index (χ2v) is 9.38. The van der Waals surface area contributed by atoms with Crippen molar-refractivity contribution < 1.29 is 9.39 Å². The molecule has 0 unspecified atom stereocenters. The zero-order valence-corrected chi connectivity index (χ0v) is 19.0. The number of rotatable bonds is 4. The maximum Gasteiger partial charge on any atom is 0.312 e. The maximum absolute atomic E-state index is 13.1. The van der Waals surface area contributed by atoms with E-state index in [-0.39, 0.29) is 11.9 Å². The first-order valence-corrected chi connectivity index (χ1v) is 11.2. The van der Waals surface area contributed by atoms with Crippen LogP contribution in [0.1, 0.15) is 37.3 Å². The van der Waals surface area contributed by atoms with Gasteiger partial charge >= 0.3 is 5.91 Å². The van der Waals surface area contributed by atoms with Crippen LogP contribution in [0.5, 0.6) is 0 Å². The molecule has 30 heavy (non-hydrogen) atoms. The number of anilines is 1. The SMILES string of the molecule is C[N+]1(NC(=O)C2=NN(c3ccc(Cl)cc3Cl)[C@@H](c3ccc(Cl)cc3)C2)CCCCC1. The molecule has 2 aliphatic rings. The summed E-state index contributed by atoms with van der Waals surface area (Å²) >= 11 is 18.6. The summed E-state index contributed by atoms with van der Waals surface area (Å²) in [5.41, 5.74) is 5.39. The summed E-state index contributed by atoms with van der Waals surface area (Å²) in [4.78, 5) is 13.1. The average Bonchev–Trinajstić information content (AvgIpc) is 3.14. The number of amides is 1. The number of hydrogen-bond acceptors (Lipinski definition) is 3. The first-order valence-electron chi connectivity index (χ1n) is 10.1. The standard InChI is InChI=1S/C22H23Cl3N4O/c1-29(11-3-2-4-12-29)27-22(30)19-14-21(15-5-7-16(23)8-6-15)28(26-19)20-10-9-17(24)13-18(20)25/h5-10,13,21H,2-4,11-12,14H2,1H3/p+1/t21-/m1/s1. The minimum atomic E-state index is -0.159. The van der Waals surface area contributed by atoms with Gasteiger partial charge in [-0.3, -0.25) is 9.80 Å². The average molecular weight is 467 g/mol. The van der Waals surface area contributed by atoms with Gasteiger partial charge in [-0.25, -0.2) is 4.59 Å². The van der Waals surface area contributed by atoms with Crippen LogP contribution >= 0.6 is 34.8 Å². The smallest absolute Gasteiger partial charge is 0.263 e. The van der Waals surface area contributed by atoms with Crippen LogP contribution in [0.3, 0.4) is 0 Å². The van der Waals surface area contributed by atoms with Crippen molar-refractivity contribution in [2.75, 3.05) is 25.1 Å². The van der Waals surface area contributed by atoms with Crippen LogP contribution in [-0.4, -0.2) is 36.3 Å². The second kappa shape index (κ2) is 8.75. The third kappa shape index (κ3) is 4.59. The highest BCUT2D eigenvalue weighted by Crippen LogP contribution is 2.40. The second-order valence-electron chi connectivity index (χ2n) is 8.10. The third-order valence-electron chi connectivity index (χ3n) is 5.76. The van der Waals surface area contributed by atoms with Crippen molar-refractivity contribution in [1.29, 1.82) is 0 Å². The normalized spacial score (nSPS) is 20.7. The number of halogens is 3. The molecule has 1 fully saturated rings. The lowest BCUT2D eigenvalue weighted by molar-refractivity contribution is -0.947. The summed E-state index contributed by atoms with van der Waals surface area (Å²) < 4.78 is 0.547. The van der Waals surface area contributed by atoms with Crippen molar-refractivity contribution >= 4 is 52.1 Å². The van der Waals surface area contributed by atoms with Crippen LogP contribution in [0.2, 0.25) is 15.1 Å². The van der Waals surface area contributed by atoms with Crippen LogP contribution in [0.25, 0.3) is 0 Å². The van der Waals surface area contributed by atoms with E-state index in [0.717, 1.165) is 31.5 Å². The van der Waals surface area contributed by atoms with E-state index < -0.39 is 0 Å². The fraction of sp³-hybridized carbons (Fsp3) is 0.364. The Morgan fingerprint density at radius 2 is 1.70 bits per heavy atom. The molecule has 0 spiro atoms. The van der Waals surface area contributed by atoms with E-state index in [4.69, 9.17) is 39.9 Å². The number of quaternary nitrogens is 1. The van der Waals surface area contributed by atoms with E-state index in [2.05, 4.69) is 12.5 Å². The number of carbonyl (C=O) groups excluding carboxylic acids is 1. The van der Waals surface area contributed by atoms with E-state index in [0.29, 0.717) is 37.5 Å². The van der Waals surface area contributed by atoms with Gasteiger partial charge in [-0.1, -0.05) is 46.9 Å². The molecule has 1 atom stereocenters. The Kier molecular flexibility index (Phi) is 6.26. The Hall–Kier alpha value is -1.79. The summed E-state index contributed by atoms with van der Waals surface area (Å²) in [6.07, 6.45) is 3.92. The molecule has 0 aromatic heterocycles. The molecule has 0 aliphatic carbocycles. The molecule has 2 heterocycles. The molecular weight excluding hydrogens is 443 g/mol. The molecule has 0 saturated carbocycles. The first-order chi connectivity index (χ1) is 14.3. The fourth-order valence-electron chi connectivity index (χ4n) is 4.11. The molecule has 5 nitrogen and oxygen atoms in total. The van der Waals surface area contributed by atoms with Crippen molar-refractivity contribution in [2.24, 2.45) is 5.10 Å². The summed E-state index contributed by atoms with van der Waals surface area (Å²) in [5.74, 6) is -0.133. The monoisotopic (exact) mass is 465 g/mol. The Labute approximate surface area is 191 Å². The first kappa shape index (κ1) is 21.4. The highest BCUT2D eigenvalue weighted by atomic mass is 35.5. The highest BCUT2D eigenvalue weighted by molar-refractivity contribution is 6.40. The van der Waals surface area contributed by atoms with Crippen molar-refractivity contribution in [3.63, 3.8) is 0 Å². The lowest BCUT2D eigenvalue weighted by Gasteiger charge is -2.36. The van der Waals surface area contributed by atoms with Gasteiger partial charge in [0.15, 0.2) is 0 Å². The van der Waals surface area contributed by atoms with Crippen LogP contribution in [0.15, 0.2) is 47.6 Å². The number of likely N-dealkylation sites (tertiary alicyclic amines) is 1. The predicted octanol–water partition coefficient (Wildman–Crippen LogP) is 5.62. The van der Waals surface area contributed by atoms with Crippen molar-refractivity contribution in [1.82, 2.24) is 5.43 Å². The van der Waals surface area contributed by atoms with E-state index >= 15 is 0 Å². The zero-order chi connectivity index (χ0) is 21.3. The molecule has 1 N–H and O–H groups in total. The van der Waals surface area contributed by atoms with Crippen LogP contribution in [0.4, 0.5) is 5.69 Å². The lowest BCUT2D eigenvalue weighted by Crippen LogP contribution is -2.60. The molecular formula is C22H24Cl3N4O+. The van der Waals surface area contributed by atoms with Gasteiger partial charge < -0.3 is 0 Å². The number of hydrogen-bond donors (Lipinski definition) is 1. The van der Waals surface area contributed by atoms with Crippen LogP contribution in [-0.2, 0) is 4.79 Å². The van der Waals surface area contributed by atoms with Gasteiger partial charge in [0.1, 0.15) is 18.8 Å². The summed E-state index contributed by atoms with van der Waals surface area (Å²) in [5, 5.41) is 8.21. The number of hydrazone groups is 1. The number of piperidine rings is 1. The van der Waals surface area contributed by atoms with E-state index in [9.17, 15) is 4.79 Å². The molecule has 2 aromatic carbocycles. The minimum Gasteiger partial charge on any atom is -0.263 e. The van der Waals surface area contributed by atoms with Crippen molar-refractivity contribution in [3.05, 3.63) is 63.1 Å². The Balaban J connectivity index is 1.64. The molecule has 158 valence electrons. The predicted molar refractivity (Wildman–Crippen MR) is 123 cm³/mol. The Morgan fingerprint density at radius 1 is 1.03 bits per heavy atom. The van der Waals surface area contributed by atoms with Crippen LogP contribution in [0, 0.1) is 0 Å². The van der Waals surface area contributed by atoms with Gasteiger partial charge in [-0.05, 0) is 55.2 Å². The van der Waals surface area contributed by atoms with Gasteiger partial charge in [0.2, 0.25) is 0 Å². The number of nitrogens with one attached hydrogen (secondary N) is 1. The molecule has 1 saturated heterocycles. The van der Waals surface area contributed by atoms with Gasteiger partial charge in [0, 0.05) is 16.5 Å². The maximum atomic E-state index is 13.1. The molecule has 1 amide bonds. The fourth-order valence-corrected chi connectivity index (χ4v) is 4.73. The molecule has 4 rings (SSSR count). The van der Waals surface area contributed by atoms with Crippen molar-refractivity contribution in [3.8, 4) is 0 Å². The van der Waals surface area contributed by atoms with Gasteiger partial charge in [0.25, 0.3) is 0 Å². The lowest BCUT2D eigenvalue weighted by atomic mass is 10.0. The Morgan fingerprint density at radius 3 is 2.37 bits per heavy atom. The molecule has 0 radical (unpaired) electrons.